The summed E-state index contributed by atoms with van der Waals surface area (Å²) < 4.78 is 0. The first-order chi connectivity index (χ1) is 21.8. The van der Waals surface area contributed by atoms with Gasteiger partial charge in [0.1, 0.15) is 0 Å². The van der Waals surface area contributed by atoms with Crippen molar-refractivity contribution in [2.75, 3.05) is 0 Å². The lowest BCUT2D eigenvalue weighted by Crippen LogP contribution is -1.94. The molecular weight excluding hydrogens is 528 g/mol. The minimum Gasteiger partial charge on any atom is -0.0622 e. The maximum atomic E-state index is 2.41. The Kier molecular flexibility index (Phi) is 4.81. The van der Waals surface area contributed by atoms with Gasteiger partial charge >= 0.3 is 0 Å². The van der Waals surface area contributed by atoms with Crippen LogP contribution in [-0.4, -0.2) is 0 Å². The molecule has 0 aliphatic rings. The number of hydrogen-bond donors (Lipinski definition) is 0. The van der Waals surface area contributed by atoms with Crippen molar-refractivity contribution in [1.82, 2.24) is 0 Å². The standard InChI is InChI=1S/C44H26/c1-3-11-27(12-4-1)41-35-21-19-34-38-24-30-16-8-10-18-32(30)26-40(38)42(28-13-5-2-6-14-28)36-22-20-33(43(35)44(34)36)37-23-29-15-7-9-17-31(29)25-39(37)41/h1-26H. The van der Waals surface area contributed by atoms with Crippen molar-refractivity contribution in [3.63, 3.8) is 0 Å². The second-order valence-corrected chi connectivity index (χ2v) is 12.0. The molecule has 10 aromatic rings. The maximum absolute atomic E-state index is 2.41. The molecule has 0 amide bonds. The van der Waals surface area contributed by atoms with Crippen LogP contribution >= 0.6 is 0 Å². The Morgan fingerprint density at radius 2 is 0.545 bits per heavy atom. The van der Waals surface area contributed by atoms with E-state index >= 15 is 0 Å². The lowest BCUT2D eigenvalue weighted by molar-refractivity contribution is 1.68. The van der Waals surface area contributed by atoms with Gasteiger partial charge in [-0.25, -0.2) is 0 Å². The molecule has 0 spiro atoms. The van der Waals surface area contributed by atoms with Crippen LogP contribution in [0, 0.1) is 0 Å². The summed E-state index contributed by atoms with van der Waals surface area (Å²) in [5, 5.41) is 18.3. The first-order valence-electron chi connectivity index (χ1n) is 15.4. The van der Waals surface area contributed by atoms with Crippen LogP contribution in [0.25, 0.3) is 97.7 Å². The molecule has 0 fully saturated rings. The van der Waals surface area contributed by atoms with Crippen LogP contribution in [0.3, 0.4) is 0 Å². The van der Waals surface area contributed by atoms with Crippen molar-refractivity contribution in [2.45, 2.75) is 0 Å². The van der Waals surface area contributed by atoms with Crippen LogP contribution in [0.5, 0.6) is 0 Å². The van der Waals surface area contributed by atoms with Gasteiger partial charge < -0.3 is 0 Å². The van der Waals surface area contributed by atoms with Crippen molar-refractivity contribution >= 4 is 75.4 Å². The summed E-state index contributed by atoms with van der Waals surface area (Å²) in [6, 6.07) is 58.6. The van der Waals surface area contributed by atoms with E-state index in [-0.39, 0.29) is 0 Å². The summed E-state index contributed by atoms with van der Waals surface area (Å²) in [4.78, 5) is 0. The fourth-order valence-corrected chi connectivity index (χ4v) is 7.82. The molecule has 44 heavy (non-hydrogen) atoms. The molecule has 0 N–H and O–H groups in total. The summed E-state index contributed by atoms with van der Waals surface area (Å²) >= 11 is 0. The predicted molar refractivity (Wildman–Crippen MR) is 191 cm³/mol. The lowest BCUT2D eigenvalue weighted by Gasteiger charge is -2.22. The van der Waals surface area contributed by atoms with E-state index in [2.05, 4.69) is 158 Å². The van der Waals surface area contributed by atoms with Gasteiger partial charge in [-0.3, -0.25) is 0 Å². The van der Waals surface area contributed by atoms with Crippen molar-refractivity contribution in [2.24, 2.45) is 0 Å². The summed E-state index contributed by atoms with van der Waals surface area (Å²) in [6.07, 6.45) is 0. The fraction of sp³-hybridized carbons (Fsp3) is 0. The molecule has 10 rings (SSSR count). The minimum atomic E-state index is 1.25. The first-order valence-corrected chi connectivity index (χ1v) is 15.4. The first kappa shape index (κ1) is 23.8. The molecule has 202 valence electrons. The Morgan fingerprint density at radius 1 is 0.227 bits per heavy atom. The highest BCUT2D eigenvalue weighted by atomic mass is 14.2. The van der Waals surface area contributed by atoms with Crippen LogP contribution in [0.15, 0.2) is 158 Å². The van der Waals surface area contributed by atoms with Crippen LogP contribution in [0.1, 0.15) is 0 Å². The lowest BCUT2D eigenvalue weighted by atomic mass is 9.81. The SMILES string of the molecule is c1ccc(-c2c3cc4ccccc4cc3c3ccc4c(-c5ccccc5)c5cc6ccccc6cc5c5ccc2c3c45)cc1. The topological polar surface area (TPSA) is 0 Å². The fourth-order valence-electron chi connectivity index (χ4n) is 7.82. The van der Waals surface area contributed by atoms with Gasteiger partial charge in [-0.2, -0.15) is 0 Å². The Morgan fingerprint density at radius 3 is 0.932 bits per heavy atom. The van der Waals surface area contributed by atoms with Crippen molar-refractivity contribution in [3.05, 3.63) is 158 Å². The van der Waals surface area contributed by atoms with Crippen molar-refractivity contribution < 1.29 is 0 Å². The molecule has 0 nitrogen and oxygen atoms in total. The van der Waals surface area contributed by atoms with Crippen LogP contribution in [0.2, 0.25) is 0 Å². The molecular formula is C44H26. The van der Waals surface area contributed by atoms with E-state index in [4.69, 9.17) is 0 Å². The zero-order valence-corrected chi connectivity index (χ0v) is 24.0. The number of benzene rings is 10. The van der Waals surface area contributed by atoms with Crippen molar-refractivity contribution in [1.29, 1.82) is 0 Å². The van der Waals surface area contributed by atoms with E-state index in [1.165, 1.54) is 97.7 Å². The van der Waals surface area contributed by atoms with Gasteiger partial charge in [-0.05, 0) is 122 Å². The average molecular weight is 555 g/mol. The average Bonchev–Trinajstić information content (AvgIpc) is 3.09. The van der Waals surface area contributed by atoms with E-state index in [9.17, 15) is 0 Å². The molecule has 0 atom stereocenters. The predicted octanol–water partition coefficient (Wildman–Crippen LogP) is 12.5. The zero-order valence-electron chi connectivity index (χ0n) is 24.0. The van der Waals surface area contributed by atoms with Gasteiger partial charge in [-0.1, -0.05) is 133 Å². The van der Waals surface area contributed by atoms with Crippen molar-refractivity contribution in [3.8, 4) is 22.3 Å². The summed E-state index contributed by atoms with van der Waals surface area (Å²) in [6.45, 7) is 0. The van der Waals surface area contributed by atoms with Crippen LogP contribution in [-0.2, 0) is 0 Å². The van der Waals surface area contributed by atoms with Gasteiger partial charge in [0, 0.05) is 0 Å². The third-order valence-electron chi connectivity index (χ3n) is 9.72. The molecule has 0 aliphatic carbocycles. The van der Waals surface area contributed by atoms with Gasteiger partial charge in [0.15, 0.2) is 0 Å². The highest BCUT2D eigenvalue weighted by molar-refractivity contribution is 6.39. The third-order valence-corrected chi connectivity index (χ3v) is 9.72. The van der Waals surface area contributed by atoms with E-state index in [0.29, 0.717) is 0 Å². The minimum absolute atomic E-state index is 1.25. The second-order valence-electron chi connectivity index (χ2n) is 12.0. The Hall–Kier alpha value is -5.72. The summed E-state index contributed by atoms with van der Waals surface area (Å²) in [7, 11) is 0. The van der Waals surface area contributed by atoms with Gasteiger partial charge in [-0.15, -0.1) is 0 Å². The van der Waals surface area contributed by atoms with E-state index in [0.717, 1.165) is 0 Å². The largest absolute Gasteiger partial charge is 0.0622 e. The number of rotatable bonds is 2. The molecule has 0 aliphatic heterocycles. The van der Waals surface area contributed by atoms with E-state index in [1.807, 2.05) is 0 Å². The molecule has 0 saturated heterocycles. The Balaban J connectivity index is 1.50. The molecule has 0 radical (unpaired) electrons. The van der Waals surface area contributed by atoms with E-state index < -0.39 is 0 Å². The normalized spacial score (nSPS) is 12.1. The number of hydrogen-bond acceptors (Lipinski definition) is 0. The summed E-state index contributed by atoms with van der Waals surface area (Å²) in [5.41, 5.74) is 5.14. The molecule has 0 heterocycles. The highest BCUT2D eigenvalue weighted by Crippen LogP contribution is 2.50. The molecule has 0 bridgehead atoms. The number of fused-ring (bicyclic) bond motifs is 6. The van der Waals surface area contributed by atoms with Gasteiger partial charge in [0.2, 0.25) is 0 Å². The smallest absolute Gasteiger partial charge is 0.00137 e. The molecule has 0 saturated carbocycles. The summed E-state index contributed by atoms with van der Waals surface area (Å²) in [5.74, 6) is 0. The maximum Gasteiger partial charge on any atom is -0.00137 e. The molecule has 0 aromatic heterocycles. The monoisotopic (exact) mass is 554 g/mol. The second kappa shape index (κ2) is 8.89. The zero-order chi connectivity index (χ0) is 28.8. The molecule has 0 heteroatoms. The van der Waals surface area contributed by atoms with Crippen LogP contribution in [0.4, 0.5) is 0 Å². The van der Waals surface area contributed by atoms with Gasteiger partial charge in [0.05, 0.1) is 0 Å². The third kappa shape index (κ3) is 3.23. The Bertz CT molecular complexity index is 2540. The highest BCUT2D eigenvalue weighted by Gasteiger charge is 2.21. The Labute approximate surface area is 254 Å². The molecule has 0 unspecified atom stereocenters. The molecule has 10 aromatic carbocycles. The van der Waals surface area contributed by atoms with Crippen LogP contribution < -0.4 is 0 Å². The van der Waals surface area contributed by atoms with Gasteiger partial charge in [0.25, 0.3) is 0 Å². The van der Waals surface area contributed by atoms with E-state index in [1.54, 1.807) is 0 Å². The quantitative estimate of drug-likeness (QED) is 0.147.